The fraction of sp³-hybridized carbons (Fsp3) is 0.238. The number of hydrogen-bond acceptors (Lipinski definition) is 6. The molecule has 0 aliphatic heterocycles. The van der Waals surface area contributed by atoms with Gasteiger partial charge in [-0.25, -0.2) is 4.79 Å². The summed E-state index contributed by atoms with van der Waals surface area (Å²) < 4.78 is 7.23. The number of hydrogen-bond donors (Lipinski definition) is 3. The normalized spacial score (nSPS) is 12.2. The Bertz CT molecular complexity index is 1200. The van der Waals surface area contributed by atoms with Gasteiger partial charge in [-0.2, -0.15) is 0 Å². The number of amides is 1. The number of nitrogens with zero attached hydrogens (tertiary/aromatic N) is 3. The first-order chi connectivity index (χ1) is 15.1. The molecule has 0 saturated heterocycles. The van der Waals surface area contributed by atoms with Crippen LogP contribution in [0, 0.1) is 0 Å². The van der Waals surface area contributed by atoms with Gasteiger partial charge in [-0.1, -0.05) is 30.0 Å². The zero-order valence-corrected chi connectivity index (χ0v) is 17.6. The maximum Gasteiger partial charge on any atom is 0.326 e. The number of furan rings is 1. The van der Waals surface area contributed by atoms with E-state index in [1.807, 2.05) is 35.8 Å². The van der Waals surface area contributed by atoms with E-state index in [2.05, 4.69) is 20.5 Å². The van der Waals surface area contributed by atoms with Crippen LogP contribution < -0.4 is 5.32 Å². The molecule has 31 heavy (non-hydrogen) atoms. The van der Waals surface area contributed by atoms with Crippen molar-refractivity contribution in [3.05, 3.63) is 54.4 Å². The molecule has 0 radical (unpaired) electrons. The van der Waals surface area contributed by atoms with Crippen molar-refractivity contribution < 1.29 is 19.1 Å². The number of carboxylic acids is 1. The van der Waals surface area contributed by atoms with Crippen molar-refractivity contribution in [1.82, 2.24) is 25.1 Å². The van der Waals surface area contributed by atoms with Crippen LogP contribution >= 0.6 is 11.8 Å². The second-order valence-corrected chi connectivity index (χ2v) is 7.78. The van der Waals surface area contributed by atoms with Crippen LogP contribution in [-0.2, 0) is 22.6 Å². The molecule has 0 fully saturated rings. The number of aliphatic carboxylic acids is 1. The molecule has 0 aliphatic rings. The third kappa shape index (κ3) is 4.48. The van der Waals surface area contributed by atoms with Crippen molar-refractivity contribution >= 4 is 34.5 Å². The summed E-state index contributed by atoms with van der Waals surface area (Å²) in [5.41, 5.74) is 1.76. The molecule has 4 rings (SSSR count). The number of carboxylic acid groups (broad SMARTS) is 1. The molecule has 1 unspecified atom stereocenters. The van der Waals surface area contributed by atoms with E-state index in [1.54, 1.807) is 24.6 Å². The topological polar surface area (TPSA) is 126 Å². The third-order valence-corrected chi connectivity index (χ3v) is 5.81. The summed E-state index contributed by atoms with van der Waals surface area (Å²) in [6.07, 6.45) is 3.52. The maximum atomic E-state index is 12.5. The number of thioether (sulfide) groups is 1. The van der Waals surface area contributed by atoms with E-state index in [9.17, 15) is 14.7 Å². The number of aromatic amines is 1. The fourth-order valence-corrected chi connectivity index (χ4v) is 4.17. The van der Waals surface area contributed by atoms with Crippen LogP contribution in [-0.4, -0.2) is 48.5 Å². The smallest absolute Gasteiger partial charge is 0.326 e. The van der Waals surface area contributed by atoms with Crippen molar-refractivity contribution in [3.63, 3.8) is 0 Å². The number of carbonyl (C=O) groups is 2. The Kier molecular flexibility index (Phi) is 6.08. The van der Waals surface area contributed by atoms with E-state index in [4.69, 9.17) is 4.42 Å². The second kappa shape index (κ2) is 9.09. The monoisotopic (exact) mass is 439 g/mol. The average Bonchev–Trinajstić information content (AvgIpc) is 3.51. The van der Waals surface area contributed by atoms with Gasteiger partial charge in [-0.3, -0.25) is 9.36 Å². The van der Waals surface area contributed by atoms with Gasteiger partial charge in [0, 0.05) is 30.1 Å². The number of aromatic nitrogens is 4. The molecule has 0 bridgehead atoms. The first-order valence-corrected chi connectivity index (χ1v) is 10.7. The Morgan fingerprint density at radius 3 is 2.84 bits per heavy atom. The zero-order chi connectivity index (χ0) is 21.8. The number of benzene rings is 1. The van der Waals surface area contributed by atoms with Gasteiger partial charge in [0.15, 0.2) is 16.7 Å². The Balaban J connectivity index is 1.41. The molecule has 160 valence electrons. The number of rotatable bonds is 9. The van der Waals surface area contributed by atoms with Crippen LogP contribution in [0.4, 0.5) is 0 Å². The van der Waals surface area contributed by atoms with Crippen molar-refractivity contribution in [2.45, 2.75) is 31.1 Å². The lowest BCUT2D eigenvalue weighted by atomic mass is 10.1. The quantitative estimate of drug-likeness (QED) is 0.342. The van der Waals surface area contributed by atoms with Gasteiger partial charge in [-0.15, -0.1) is 10.2 Å². The summed E-state index contributed by atoms with van der Waals surface area (Å²) in [4.78, 5) is 27.3. The summed E-state index contributed by atoms with van der Waals surface area (Å²) in [5, 5.41) is 22.0. The third-order valence-electron chi connectivity index (χ3n) is 4.84. The highest BCUT2D eigenvalue weighted by Crippen LogP contribution is 2.24. The summed E-state index contributed by atoms with van der Waals surface area (Å²) >= 11 is 1.20. The first kappa shape index (κ1) is 20.7. The lowest BCUT2D eigenvalue weighted by Crippen LogP contribution is -2.43. The molecule has 3 N–H and O–H groups in total. The molecule has 9 nitrogen and oxygen atoms in total. The molecule has 0 saturated carbocycles. The molecule has 3 heterocycles. The van der Waals surface area contributed by atoms with Crippen LogP contribution in [0.25, 0.3) is 22.5 Å². The molecule has 10 heteroatoms. The molecule has 1 aromatic carbocycles. The highest BCUT2D eigenvalue weighted by Gasteiger charge is 2.23. The minimum absolute atomic E-state index is 0.0218. The summed E-state index contributed by atoms with van der Waals surface area (Å²) in [7, 11) is 0. The number of nitrogens with one attached hydrogen (secondary N) is 2. The molecule has 3 aromatic heterocycles. The highest BCUT2D eigenvalue weighted by atomic mass is 32.2. The minimum atomic E-state index is -1.08. The molecule has 0 spiro atoms. The summed E-state index contributed by atoms with van der Waals surface area (Å²) in [5.74, 6) is -0.273. The number of fused-ring (bicyclic) bond motifs is 1. The van der Waals surface area contributed by atoms with Crippen molar-refractivity contribution in [2.75, 3.05) is 5.75 Å². The largest absolute Gasteiger partial charge is 0.480 e. The van der Waals surface area contributed by atoms with E-state index >= 15 is 0 Å². The van der Waals surface area contributed by atoms with E-state index in [0.29, 0.717) is 23.3 Å². The van der Waals surface area contributed by atoms with Crippen molar-refractivity contribution in [1.29, 1.82) is 0 Å². The summed E-state index contributed by atoms with van der Waals surface area (Å²) in [6, 6.07) is 10.2. The molecular formula is C21H21N5O4S. The standard InChI is InChI=1S/C21H21N5O4S/c1-2-26-19(17-8-5-9-30-17)24-25-21(26)31-12-18(27)23-16(20(28)29)10-13-11-22-15-7-4-3-6-14(13)15/h3-9,11,16,22H,2,10,12H2,1H3,(H,23,27)(H,28,29). The molecular weight excluding hydrogens is 418 g/mol. The molecule has 1 amide bonds. The summed E-state index contributed by atoms with van der Waals surface area (Å²) in [6.45, 7) is 2.55. The predicted octanol–water partition coefficient (Wildman–Crippen LogP) is 2.94. The first-order valence-electron chi connectivity index (χ1n) is 9.73. The van der Waals surface area contributed by atoms with E-state index in [1.165, 1.54) is 11.8 Å². The predicted molar refractivity (Wildman–Crippen MR) is 116 cm³/mol. The Morgan fingerprint density at radius 1 is 1.26 bits per heavy atom. The van der Waals surface area contributed by atoms with Crippen molar-refractivity contribution in [3.8, 4) is 11.6 Å². The highest BCUT2D eigenvalue weighted by molar-refractivity contribution is 7.99. The zero-order valence-electron chi connectivity index (χ0n) is 16.7. The van der Waals surface area contributed by atoms with Crippen LogP contribution in [0.3, 0.4) is 0 Å². The molecule has 4 aromatic rings. The lowest BCUT2D eigenvalue weighted by Gasteiger charge is -2.14. The van der Waals surface area contributed by atoms with Gasteiger partial charge in [0.05, 0.1) is 12.0 Å². The second-order valence-electron chi connectivity index (χ2n) is 6.84. The van der Waals surface area contributed by atoms with E-state index in [0.717, 1.165) is 16.5 Å². The number of H-pyrrole nitrogens is 1. The van der Waals surface area contributed by atoms with Crippen molar-refractivity contribution in [2.24, 2.45) is 0 Å². The number of carbonyl (C=O) groups excluding carboxylic acids is 1. The van der Waals surface area contributed by atoms with Gasteiger partial charge in [0.25, 0.3) is 0 Å². The molecule has 0 aliphatic carbocycles. The SMILES string of the molecule is CCn1c(SCC(=O)NC(Cc2c[nH]c3ccccc23)C(=O)O)nnc1-c1ccco1. The average molecular weight is 439 g/mol. The fourth-order valence-electron chi connectivity index (χ4n) is 3.36. The van der Waals surface area contributed by atoms with Crippen LogP contribution in [0.15, 0.2) is 58.4 Å². The van der Waals surface area contributed by atoms with Gasteiger partial charge in [0.1, 0.15) is 6.04 Å². The maximum absolute atomic E-state index is 12.5. The van der Waals surface area contributed by atoms with Crippen LogP contribution in [0.1, 0.15) is 12.5 Å². The van der Waals surface area contributed by atoms with Crippen LogP contribution in [0.2, 0.25) is 0 Å². The van der Waals surface area contributed by atoms with Gasteiger partial charge in [-0.05, 0) is 30.7 Å². The van der Waals surface area contributed by atoms with E-state index in [-0.39, 0.29) is 18.1 Å². The van der Waals surface area contributed by atoms with E-state index < -0.39 is 12.0 Å². The van der Waals surface area contributed by atoms with Gasteiger partial charge < -0.3 is 19.8 Å². The van der Waals surface area contributed by atoms with Crippen LogP contribution in [0.5, 0.6) is 0 Å². The number of para-hydroxylation sites is 1. The van der Waals surface area contributed by atoms with Gasteiger partial charge >= 0.3 is 5.97 Å². The van der Waals surface area contributed by atoms with Gasteiger partial charge in [0.2, 0.25) is 5.91 Å². The molecule has 1 atom stereocenters. The Morgan fingerprint density at radius 2 is 2.10 bits per heavy atom. The lowest BCUT2D eigenvalue weighted by molar-refractivity contribution is -0.141. The Hall–Kier alpha value is -3.53. The minimum Gasteiger partial charge on any atom is -0.480 e. The Labute approximate surface area is 181 Å².